The van der Waals surface area contributed by atoms with Gasteiger partial charge in [0.1, 0.15) is 5.82 Å². The Morgan fingerprint density at radius 3 is 2.65 bits per heavy atom. The van der Waals surface area contributed by atoms with Gasteiger partial charge in [0.2, 0.25) is 0 Å². The van der Waals surface area contributed by atoms with Crippen molar-refractivity contribution in [1.82, 2.24) is 4.98 Å². The maximum Gasteiger partial charge on any atom is 0.336 e. The largest absolute Gasteiger partial charge is 0.478 e. The minimum Gasteiger partial charge on any atom is -0.478 e. The third kappa shape index (κ3) is 2.01. The summed E-state index contributed by atoms with van der Waals surface area (Å²) in [5, 5.41) is 11.0. The summed E-state index contributed by atoms with van der Waals surface area (Å²) in [5.41, 5.74) is 1.01. The molecule has 4 heteroatoms. The van der Waals surface area contributed by atoms with Crippen molar-refractivity contribution in [1.29, 1.82) is 0 Å². The van der Waals surface area contributed by atoms with Gasteiger partial charge in [0.05, 0.1) is 5.56 Å². The molecule has 0 spiro atoms. The van der Waals surface area contributed by atoms with Crippen LogP contribution in [0.5, 0.6) is 0 Å². The van der Waals surface area contributed by atoms with Gasteiger partial charge in [-0.1, -0.05) is 24.3 Å². The zero-order valence-electron chi connectivity index (χ0n) is 10.4. The maximum absolute atomic E-state index is 13.5. The molecular weight excluding hydrogens is 257 g/mol. The molecule has 1 N–H and O–H groups in total. The number of pyridine rings is 1. The summed E-state index contributed by atoms with van der Waals surface area (Å²) in [6.07, 6.45) is 3.25. The lowest BCUT2D eigenvalue weighted by molar-refractivity contribution is 0.0697. The van der Waals surface area contributed by atoms with E-state index in [-0.39, 0.29) is 5.56 Å². The normalized spacial score (nSPS) is 10.7. The number of carboxylic acids is 1. The highest BCUT2D eigenvalue weighted by molar-refractivity contribution is 6.03. The van der Waals surface area contributed by atoms with Gasteiger partial charge in [0.25, 0.3) is 0 Å². The molecule has 1 aromatic heterocycles. The minimum atomic E-state index is -1.09. The van der Waals surface area contributed by atoms with Crippen molar-refractivity contribution in [2.75, 3.05) is 0 Å². The Morgan fingerprint density at radius 2 is 1.85 bits per heavy atom. The first kappa shape index (κ1) is 12.3. The Labute approximate surface area is 114 Å². The fourth-order valence-corrected chi connectivity index (χ4v) is 2.26. The number of halogens is 1. The van der Waals surface area contributed by atoms with Crippen LogP contribution in [0.15, 0.2) is 54.9 Å². The number of hydrogen-bond donors (Lipinski definition) is 1. The molecular formula is C16H10FNO2. The smallest absolute Gasteiger partial charge is 0.336 e. The van der Waals surface area contributed by atoms with Crippen LogP contribution in [0.3, 0.4) is 0 Å². The quantitative estimate of drug-likeness (QED) is 0.769. The van der Waals surface area contributed by atoms with E-state index in [1.165, 1.54) is 12.1 Å². The standard InChI is InChI=1S/C16H10FNO2/c17-11-5-6-13(16(19)20)14(7-11)15-9-18-8-10-3-1-2-4-12(10)15/h1-9H,(H,19,20). The molecule has 98 valence electrons. The van der Waals surface area contributed by atoms with Crippen LogP contribution in [0, 0.1) is 5.82 Å². The molecule has 0 unspecified atom stereocenters. The molecule has 0 saturated heterocycles. The number of rotatable bonds is 2. The monoisotopic (exact) mass is 267 g/mol. The van der Waals surface area contributed by atoms with Crippen LogP contribution in [0.2, 0.25) is 0 Å². The lowest BCUT2D eigenvalue weighted by atomic mass is 9.96. The molecule has 0 aliphatic rings. The third-order valence-electron chi connectivity index (χ3n) is 3.17. The number of benzene rings is 2. The number of carbonyl (C=O) groups is 1. The van der Waals surface area contributed by atoms with Crippen LogP contribution in [0.1, 0.15) is 10.4 Å². The second-order valence-electron chi connectivity index (χ2n) is 4.40. The Kier molecular flexibility index (Phi) is 2.91. The van der Waals surface area contributed by atoms with Gasteiger partial charge in [-0.05, 0) is 23.6 Å². The summed E-state index contributed by atoms with van der Waals surface area (Å²) in [6, 6.07) is 11.1. The van der Waals surface area contributed by atoms with Gasteiger partial charge in [0, 0.05) is 28.9 Å². The van der Waals surface area contributed by atoms with Gasteiger partial charge in [-0.25, -0.2) is 9.18 Å². The van der Waals surface area contributed by atoms with Crippen LogP contribution in [-0.2, 0) is 0 Å². The Bertz CT molecular complexity index is 809. The Hall–Kier alpha value is -2.75. The molecule has 0 radical (unpaired) electrons. The van der Waals surface area contributed by atoms with Gasteiger partial charge in [-0.3, -0.25) is 4.98 Å². The topological polar surface area (TPSA) is 50.2 Å². The number of nitrogens with zero attached hydrogens (tertiary/aromatic N) is 1. The predicted octanol–water partition coefficient (Wildman–Crippen LogP) is 3.74. The van der Waals surface area contributed by atoms with Gasteiger partial charge in [-0.15, -0.1) is 0 Å². The minimum absolute atomic E-state index is 0.0598. The average molecular weight is 267 g/mol. The number of aromatic nitrogens is 1. The van der Waals surface area contributed by atoms with Crippen molar-refractivity contribution in [3.63, 3.8) is 0 Å². The van der Waals surface area contributed by atoms with E-state index >= 15 is 0 Å². The molecule has 0 bridgehead atoms. The average Bonchev–Trinajstić information content (AvgIpc) is 2.46. The number of fused-ring (bicyclic) bond motifs is 1. The van der Waals surface area contributed by atoms with Gasteiger partial charge >= 0.3 is 5.97 Å². The SMILES string of the molecule is O=C(O)c1ccc(F)cc1-c1cncc2ccccc12. The zero-order chi connectivity index (χ0) is 14.1. The van der Waals surface area contributed by atoms with Gasteiger partial charge in [-0.2, -0.15) is 0 Å². The molecule has 20 heavy (non-hydrogen) atoms. The summed E-state index contributed by atoms with van der Waals surface area (Å²) >= 11 is 0. The van der Waals surface area contributed by atoms with Gasteiger partial charge < -0.3 is 5.11 Å². The fraction of sp³-hybridized carbons (Fsp3) is 0. The highest BCUT2D eigenvalue weighted by Crippen LogP contribution is 2.30. The molecule has 2 aromatic carbocycles. The molecule has 3 rings (SSSR count). The first-order valence-electron chi connectivity index (χ1n) is 6.03. The third-order valence-corrected chi connectivity index (χ3v) is 3.17. The molecule has 3 nitrogen and oxygen atoms in total. The maximum atomic E-state index is 13.5. The van der Waals surface area contributed by atoms with Crippen LogP contribution < -0.4 is 0 Å². The second-order valence-corrected chi connectivity index (χ2v) is 4.40. The van der Waals surface area contributed by atoms with Crippen molar-refractivity contribution >= 4 is 16.7 Å². The van der Waals surface area contributed by atoms with Crippen LogP contribution in [0.4, 0.5) is 4.39 Å². The van der Waals surface area contributed by atoms with E-state index in [2.05, 4.69) is 4.98 Å². The van der Waals surface area contributed by atoms with Crippen LogP contribution >= 0.6 is 0 Å². The lowest BCUT2D eigenvalue weighted by Crippen LogP contribution is -2.00. The number of carboxylic acid groups (broad SMARTS) is 1. The molecule has 0 fully saturated rings. The van der Waals surface area contributed by atoms with Crippen molar-refractivity contribution < 1.29 is 14.3 Å². The van der Waals surface area contributed by atoms with Crippen LogP contribution in [0.25, 0.3) is 21.9 Å². The summed E-state index contributed by atoms with van der Waals surface area (Å²) in [6.45, 7) is 0. The highest BCUT2D eigenvalue weighted by Gasteiger charge is 2.14. The first-order valence-corrected chi connectivity index (χ1v) is 6.03. The molecule has 1 heterocycles. The van der Waals surface area contributed by atoms with Gasteiger partial charge in [0.15, 0.2) is 0 Å². The Balaban J connectivity index is 2.36. The van der Waals surface area contributed by atoms with E-state index in [4.69, 9.17) is 0 Å². The van der Waals surface area contributed by atoms with Crippen molar-refractivity contribution in [3.05, 3.63) is 66.2 Å². The summed E-state index contributed by atoms with van der Waals surface area (Å²) in [7, 11) is 0. The predicted molar refractivity (Wildman–Crippen MR) is 74.1 cm³/mol. The molecule has 0 aliphatic heterocycles. The van der Waals surface area contributed by atoms with Crippen molar-refractivity contribution in [3.8, 4) is 11.1 Å². The Morgan fingerprint density at radius 1 is 1.05 bits per heavy atom. The van der Waals surface area contributed by atoms with E-state index in [1.807, 2.05) is 24.3 Å². The molecule has 0 aliphatic carbocycles. The van der Waals surface area contributed by atoms with E-state index < -0.39 is 11.8 Å². The molecule has 0 atom stereocenters. The number of aromatic carboxylic acids is 1. The summed E-state index contributed by atoms with van der Waals surface area (Å²) in [5.74, 6) is -1.56. The van der Waals surface area contributed by atoms with E-state index in [0.717, 1.165) is 16.8 Å². The lowest BCUT2D eigenvalue weighted by Gasteiger charge is -2.09. The fourth-order valence-electron chi connectivity index (χ4n) is 2.26. The van der Waals surface area contributed by atoms with Crippen molar-refractivity contribution in [2.24, 2.45) is 0 Å². The van der Waals surface area contributed by atoms with E-state index in [1.54, 1.807) is 12.4 Å². The molecule has 3 aromatic rings. The van der Waals surface area contributed by atoms with E-state index in [0.29, 0.717) is 11.1 Å². The highest BCUT2D eigenvalue weighted by atomic mass is 19.1. The van der Waals surface area contributed by atoms with E-state index in [9.17, 15) is 14.3 Å². The van der Waals surface area contributed by atoms with Crippen molar-refractivity contribution in [2.45, 2.75) is 0 Å². The summed E-state index contributed by atoms with van der Waals surface area (Å²) < 4.78 is 13.5. The van der Waals surface area contributed by atoms with Crippen LogP contribution in [-0.4, -0.2) is 16.1 Å². The number of hydrogen-bond acceptors (Lipinski definition) is 2. The second kappa shape index (κ2) is 4.74. The molecule has 0 amide bonds. The first-order chi connectivity index (χ1) is 9.66. The zero-order valence-corrected chi connectivity index (χ0v) is 10.4. The molecule has 0 saturated carbocycles. The summed E-state index contributed by atoms with van der Waals surface area (Å²) in [4.78, 5) is 15.4.